The van der Waals surface area contributed by atoms with Gasteiger partial charge in [0.1, 0.15) is 5.75 Å². The maximum Gasteiger partial charge on any atom is 0.191 e. The second-order valence-corrected chi connectivity index (χ2v) is 5.80. The molecule has 0 aliphatic heterocycles. The molecule has 0 saturated heterocycles. The van der Waals surface area contributed by atoms with E-state index >= 15 is 0 Å². The van der Waals surface area contributed by atoms with Crippen LogP contribution in [0.25, 0.3) is 0 Å². The summed E-state index contributed by atoms with van der Waals surface area (Å²) in [7, 11) is 6.53. The highest BCUT2D eigenvalue weighted by atomic mass is 35.5. The van der Waals surface area contributed by atoms with Crippen molar-refractivity contribution in [2.24, 2.45) is 4.99 Å². The third kappa shape index (κ3) is 4.95. The summed E-state index contributed by atoms with van der Waals surface area (Å²) in [5.74, 6) is 2.62. The van der Waals surface area contributed by atoms with E-state index in [1.54, 1.807) is 34.4 Å². The molecule has 140 valence electrons. The fraction of sp³-hybridized carbons (Fsp3) is 0.316. The van der Waals surface area contributed by atoms with Crippen LogP contribution < -0.4 is 24.8 Å². The Labute approximate surface area is 159 Å². The molecule has 7 heteroatoms. The number of rotatable bonds is 7. The smallest absolute Gasteiger partial charge is 0.191 e. The van der Waals surface area contributed by atoms with Gasteiger partial charge in [0.05, 0.1) is 21.3 Å². The van der Waals surface area contributed by atoms with Crippen molar-refractivity contribution < 1.29 is 14.2 Å². The SMILES string of the molecule is CN=C(NCc1ccccc1Cl)NCc1cc(OC)c(OC)cc1OC. The van der Waals surface area contributed by atoms with Gasteiger partial charge < -0.3 is 24.8 Å². The van der Waals surface area contributed by atoms with Gasteiger partial charge in [-0.2, -0.15) is 0 Å². The molecule has 0 heterocycles. The van der Waals surface area contributed by atoms with Crippen molar-refractivity contribution >= 4 is 17.6 Å². The molecular weight excluding hydrogens is 354 g/mol. The summed E-state index contributed by atoms with van der Waals surface area (Å²) in [5, 5.41) is 7.22. The number of nitrogens with zero attached hydrogens (tertiary/aromatic N) is 1. The molecule has 6 nitrogen and oxygen atoms in total. The lowest BCUT2D eigenvalue weighted by Crippen LogP contribution is -2.36. The van der Waals surface area contributed by atoms with Crippen LogP contribution in [0.2, 0.25) is 5.02 Å². The molecule has 2 rings (SSSR count). The van der Waals surface area contributed by atoms with Crippen molar-refractivity contribution in [3.63, 3.8) is 0 Å². The predicted octanol–water partition coefficient (Wildman–Crippen LogP) is 3.23. The standard InChI is InChI=1S/C19H24ClN3O3/c1-21-19(22-11-13-7-5-6-8-15(13)20)23-12-14-9-17(25-3)18(26-4)10-16(14)24-2/h5-10H,11-12H2,1-4H3,(H2,21,22,23). The topological polar surface area (TPSA) is 64.1 Å². The Hall–Kier alpha value is -2.60. The third-order valence-corrected chi connectivity index (χ3v) is 4.23. The Morgan fingerprint density at radius 1 is 0.885 bits per heavy atom. The van der Waals surface area contributed by atoms with Crippen molar-refractivity contribution in [3.8, 4) is 17.2 Å². The van der Waals surface area contributed by atoms with Crippen LogP contribution in [0.15, 0.2) is 41.4 Å². The third-order valence-electron chi connectivity index (χ3n) is 3.86. The van der Waals surface area contributed by atoms with E-state index in [1.165, 1.54) is 0 Å². The average molecular weight is 378 g/mol. The second kappa shape index (κ2) is 9.77. The fourth-order valence-electron chi connectivity index (χ4n) is 2.45. The van der Waals surface area contributed by atoms with Crippen LogP contribution in [-0.2, 0) is 13.1 Å². The Kier molecular flexibility index (Phi) is 7.41. The first kappa shape index (κ1) is 19.7. The van der Waals surface area contributed by atoms with Crippen molar-refractivity contribution in [3.05, 3.63) is 52.5 Å². The van der Waals surface area contributed by atoms with Crippen LogP contribution in [-0.4, -0.2) is 34.3 Å². The van der Waals surface area contributed by atoms with E-state index in [2.05, 4.69) is 15.6 Å². The predicted molar refractivity (Wildman–Crippen MR) is 105 cm³/mol. The minimum Gasteiger partial charge on any atom is -0.496 e. The van der Waals surface area contributed by atoms with Crippen LogP contribution >= 0.6 is 11.6 Å². The zero-order valence-corrected chi connectivity index (χ0v) is 16.2. The van der Waals surface area contributed by atoms with Crippen LogP contribution in [0.4, 0.5) is 0 Å². The summed E-state index contributed by atoms with van der Waals surface area (Å²) in [6, 6.07) is 11.4. The van der Waals surface area contributed by atoms with Gasteiger partial charge in [0, 0.05) is 36.8 Å². The largest absolute Gasteiger partial charge is 0.496 e. The molecule has 0 spiro atoms. The van der Waals surface area contributed by atoms with E-state index in [0.29, 0.717) is 36.3 Å². The first-order valence-corrected chi connectivity index (χ1v) is 8.47. The maximum absolute atomic E-state index is 6.18. The molecule has 0 aliphatic rings. The van der Waals surface area contributed by atoms with Gasteiger partial charge >= 0.3 is 0 Å². The molecule has 0 aliphatic carbocycles. The van der Waals surface area contributed by atoms with Crippen molar-refractivity contribution in [1.82, 2.24) is 10.6 Å². The number of ether oxygens (including phenoxy) is 3. The summed E-state index contributed by atoms with van der Waals surface area (Å²) in [5.41, 5.74) is 1.92. The molecule has 0 bridgehead atoms. The van der Waals surface area contributed by atoms with E-state index in [0.717, 1.165) is 16.1 Å². The van der Waals surface area contributed by atoms with Crippen LogP contribution in [0.5, 0.6) is 17.2 Å². The Morgan fingerprint density at radius 2 is 1.46 bits per heavy atom. The Balaban J connectivity index is 2.05. The van der Waals surface area contributed by atoms with Gasteiger partial charge in [-0.25, -0.2) is 0 Å². The first-order valence-electron chi connectivity index (χ1n) is 8.09. The zero-order valence-electron chi connectivity index (χ0n) is 15.4. The number of methoxy groups -OCH3 is 3. The van der Waals surface area contributed by atoms with Gasteiger partial charge in [-0.3, -0.25) is 4.99 Å². The molecule has 0 atom stereocenters. The molecule has 2 N–H and O–H groups in total. The van der Waals surface area contributed by atoms with Crippen LogP contribution in [0.3, 0.4) is 0 Å². The molecule has 0 saturated carbocycles. The van der Waals surface area contributed by atoms with Crippen molar-refractivity contribution in [2.75, 3.05) is 28.4 Å². The summed E-state index contributed by atoms with van der Waals surface area (Å²) in [6.07, 6.45) is 0. The number of aliphatic imine (C=N–C) groups is 1. The maximum atomic E-state index is 6.18. The molecular formula is C19H24ClN3O3. The number of hydrogen-bond acceptors (Lipinski definition) is 4. The summed E-state index contributed by atoms with van der Waals surface area (Å²) < 4.78 is 16.1. The number of nitrogens with one attached hydrogen (secondary N) is 2. The summed E-state index contributed by atoms with van der Waals surface area (Å²) in [6.45, 7) is 1.08. The summed E-state index contributed by atoms with van der Waals surface area (Å²) >= 11 is 6.18. The highest BCUT2D eigenvalue weighted by molar-refractivity contribution is 6.31. The monoisotopic (exact) mass is 377 g/mol. The molecule has 0 fully saturated rings. The lowest BCUT2D eigenvalue weighted by molar-refractivity contribution is 0.347. The molecule has 0 radical (unpaired) electrons. The average Bonchev–Trinajstić information content (AvgIpc) is 2.68. The molecule has 2 aromatic carbocycles. The van der Waals surface area contributed by atoms with Gasteiger partial charge in [-0.1, -0.05) is 29.8 Å². The molecule has 0 amide bonds. The molecule has 0 aromatic heterocycles. The van der Waals surface area contributed by atoms with Crippen LogP contribution in [0, 0.1) is 0 Å². The van der Waals surface area contributed by atoms with E-state index < -0.39 is 0 Å². The zero-order chi connectivity index (χ0) is 18.9. The molecule has 2 aromatic rings. The van der Waals surface area contributed by atoms with Gasteiger partial charge in [-0.15, -0.1) is 0 Å². The minimum absolute atomic E-state index is 0.506. The Morgan fingerprint density at radius 3 is 2.04 bits per heavy atom. The molecule has 0 unspecified atom stereocenters. The van der Waals surface area contributed by atoms with Crippen molar-refractivity contribution in [2.45, 2.75) is 13.1 Å². The number of halogens is 1. The fourth-order valence-corrected chi connectivity index (χ4v) is 2.65. The Bertz CT molecular complexity index is 766. The van der Waals surface area contributed by atoms with E-state index in [1.807, 2.05) is 30.3 Å². The number of benzene rings is 2. The summed E-state index contributed by atoms with van der Waals surface area (Å²) in [4.78, 5) is 4.23. The number of guanidine groups is 1. The lowest BCUT2D eigenvalue weighted by Gasteiger charge is -2.16. The highest BCUT2D eigenvalue weighted by Gasteiger charge is 2.12. The van der Waals surface area contributed by atoms with E-state index in [4.69, 9.17) is 25.8 Å². The van der Waals surface area contributed by atoms with Gasteiger partial charge in [0.25, 0.3) is 0 Å². The van der Waals surface area contributed by atoms with Gasteiger partial charge in [0.2, 0.25) is 0 Å². The van der Waals surface area contributed by atoms with E-state index in [-0.39, 0.29) is 0 Å². The normalized spacial score (nSPS) is 11.0. The van der Waals surface area contributed by atoms with E-state index in [9.17, 15) is 0 Å². The van der Waals surface area contributed by atoms with Crippen molar-refractivity contribution in [1.29, 1.82) is 0 Å². The first-order chi connectivity index (χ1) is 12.6. The second-order valence-electron chi connectivity index (χ2n) is 5.39. The quantitative estimate of drug-likeness (QED) is 0.573. The minimum atomic E-state index is 0.506. The van der Waals surface area contributed by atoms with Gasteiger partial charge in [0.15, 0.2) is 17.5 Å². The van der Waals surface area contributed by atoms with Crippen LogP contribution in [0.1, 0.15) is 11.1 Å². The molecule has 26 heavy (non-hydrogen) atoms. The van der Waals surface area contributed by atoms with Gasteiger partial charge in [-0.05, 0) is 17.7 Å². The number of hydrogen-bond donors (Lipinski definition) is 2. The highest BCUT2D eigenvalue weighted by Crippen LogP contribution is 2.34. The lowest BCUT2D eigenvalue weighted by atomic mass is 10.1.